The normalized spacial score (nSPS) is 10.4. The first-order valence-corrected chi connectivity index (χ1v) is 5.79. The summed E-state index contributed by atoms with van der Waals surface area (Å²) in [6.45, 7) is 6.01. The van der Waals surface area contributed by atoms with Crippen molar-refractivity contribution in [3.8, 4) is 6.07 Å². The number of aromatic nitrogens is 3. The molecule has 5 heteroatoms. The van der Waals surface area contributed by atoms with Crippen LogP contribution in [0.2, 0.25) is 0 Å². The lowest BCUT2D eigenvalue weighted by Gasteiger charge is -2.06. The number of hydrogen-bond acceptors (Lipinski definition) is 4. The molecule has 0 saturated carbocycles. The van der Waals surface area contributed by atoms with Crippen molar-refractivity contribution in [2.24, 2.45) is 0 Å². The predicted octanol–water partition coefficient (Wildman–Crippen LogP) is 2.78. The SMILES string of the molecule is Cc1ccc(C#N)c(Nc2cnn(C(C)C)c2)n1. The highest BCUT2D eigenvalue weighted by molar-refractivity contribution is 5.61. The lowest BCUT2D eigenvalue weighted by molar-refractivity contribution is 0.532. The molecule has 0 aliphatic heterocycles. The number of aryl methyl sites for hydroxylation is 1. The van der Waals surface area contributed by atoms with Crippen LogP contribution in [0.3, 0.4) is 0 Å². The maximum atomic E-state index is 9.03. The fourth-order valence-corrected chi connectivity index (χ4v) is 1.56. The molecule has 18 heavy (non-hydrogen) atoms. The van der Waals surface area contributed by atoms with Crippen LogP contribution in [0.5, 0.6) is 0 Å². The first-order valence-electron chi connectivity index (χ1n) is 5.79. The van der Waals surface area contributed by atoms with Gasteiger partial charge in [0.2, 0.25) is 0 Å². The molecule has 0 bridgehead atoms. The Labute approximate surface area is 106 Å². The van der Waals surface area contributed by atoms with Gasteiger partial charge in [0.05, 0.1) is 17.4 Å². The molecule has 92 valence electrons. The highest BCUT2D eigenvalue weighted by Crippen LogP contribution is 2.19. The molecule has 1 N–H and O–H groups in total. The van der Waals surface area contributed by atoms with Crippen LogP contribution in [0.15, 0.2) is 24.5 Å². The lowest BCUT2D eigenvalue weighted by atomic mass is 10.2. The van der Waals surface area contributed by atoms with Gasteiger partial charge in [-0.2, -0.15) is 10.4 Å². The van der Waals surface area contributed by atoms with Gasteiger partial charge in [0, 0.05) is 17.9 Å². The monoisotopic (exact) mass is 241 g/mol. The van der Waals surface area contributed by atoms with Crippen molar-refractivity contribution in [2.75, 3.05) is 5.32 Å². The highest BCUT2D eigenvalue weighted by atomic mass is 15.3. The second-order valence-corrected chi connectivity index (χ2v) is 4.39. The van der Waals surface area contributed by atoms with Gasteiger partial charge in [0.25, 0.3) is 0 Å². The van der Waals surface area contributed by atoms with Gasteiger partial charge in [-0.15, -0.1) is 0 Å². The van der Waals surface area contributed by atoms with Crippen molar-refractivity contribution in [1.29, 1.82) is 5.26 Å². The Balaban J connectivity index is 2.28. The highest BCUT2D eigenvalue weighted by Gasteiger charge is 2.07. The van der Waals surface area contributed by atoms with E-state index in [1.54, 1.807) is 12.3 Å². The van der Waals surface area contributed by atoms with E-state index in [0.717, 1.165) is 11.4 Å². The topological polar surface area (TPSA) is 66.5 Å². The lowest BCUT2D eigenvalue weighted by Crippen LogP contribution is -2.00. The smallest absolute Gasteiger partial charge is 0.148 e. The summed E-state index contributed by atoms with van der Waals surface area (Å²) < 4.78 is 1.85. The molecular formula is C13H15N5. The molecule has 5 nitrogen and oxygen atoms in total. The van der Waals surface area contributed by atoms with Crippen LogP contribution in [0, 0.1) is 18.3 Å². The van der Waals surface area contributed by atoms with Crippen LogP contribution in [0.4, 0.5) is 11.5 Å². The number of rotatable bonds is 3. The van der Waals surface area contributed by atoms with E-state index < -0.39 is 0 Å². The molecule has 2 rings (SSSR count). The first-order chi connectivity index (χ1) is 8.60. The van der Waals surface area contributed by atoms with Crippen molar-refractivity contribution in [2.45, 2.75) is 26.8 Å². The molecule has 0 saturated heterocycles. The first kappa shape index (κ1) is 12.1. The minimum atomic E-state index is 0.307. The summed E-state index contributed by atoms with van der Waals surface area (Å²) >= 11 is 0. The summed E-state index contributed by atoms with van der Waals surface area (Å²) in [5.74, 6) is 0.570. The number of hydrogen-bond donors (Lipinski definition) is 1. The molecule has 0 unspecified atom stereocenters. The fourth-order valence-electron chi connectivity index (χ4n) is 1.56. The maximum Gasteiger partial charge on any atom is 0.148 e. The van der Waals surface area contributed by atoms with Crippen LogP contribution in [-0.4, -0.2) is 14.8 Å². The third kappa shape index (κ3) is 2.48. The van der Waals surface area contributed by atoms with Gasteiger partial charge in [-0.25, -0.2) is 4.98 Å². The van der Waals surface area contributed by atoms with E-state index in [4.69, 9.17) is 5.26 Å². The minimum Gasteiger partial charge on any atom is -0.337 e. The molecule has 0 aromatic carbocycles. The summed E-state index contributed by atoms with van der Waals surface area (Å²) in [6.07, 6.45) is 3.63. The quantitative estimate of drug-likeness (QED) is 0.897. The van der Waals surface area contributed by atoms with E-state index in [1.807, 2.05) is 23.9 Å². The number of nitrogens with zero attached hydrogens (tertiary/aromatic N) is 4. The van der Waals surface area contributed by atoms with Crippen LogP contribution in [-0.2, 0) is 0 Å². The molecule has 0 radical (unpaired) electrons. The van der Waals surface area contributed by atoms with Crippen molar-refractivity contribution in [1.82, 2.24) is 14.8 Å². The van der Waals surface area contributed by atoms with Gasteiger partial charge < -0.3 is 5.32 Å². The van der Waals surface area contributed by atoms with Crippen molar-refractivity contribution >= 4 is 11.5 Å². The summed E-state index contributed by atoms with van der Waals surface area (Å²) in [4.78, 5) is 4.32. The van der Waals surface area contributed by atoms with Gasteiger partial charge in [-0.3, -0.25) is 4.68 Å². The Morgan fingerprint density at radius 3 is 2.78 bits per heavy atom. The van der Waals surface area contributed by atoms with Gasteiger partial charge >= 0.3 is 0 Å². The largest absolute Gasteiger partial charge is 0.337 e. The Kier molecular flexibility index (Phi) is 3.28. The molecular weight excluding hydrogens is 226 g/mol. The molecule has 0 aliphatic carbocycles. The standard InChI is InChI=1S/C13H15N5/c1-9(2)18-8-12(7-15-18)17-13-11(6-14)5-4-10(3)16-13/h4-5,7-9H,1-3H3,(H,16,17). The Hall–Kier alpha value is -2.35. The second kappa shape index (κ2) is 4.88. The Morgan fingerprint density at radius 1 is 1.39 bits per heavy atom. The zero-order valence-electron chi connectivity index (χ0n) is 10.7. The van der Waals surface area contributed by atoms with Gasteiger partial charge in [0.15, 0.2) is 0 Å². The van der Waals surface area contributed by atoms with E-state index in [0.29, 0.717) is 17.4 Å². The Morgan fingerprint density at radius 2 is 2.17 bits per heavy atom. The average molecular weight is 241 g/mol. The summed E-state index contributed by atoms with van der Waals surface area (Å²) in [6, 6.07) is 6.01. The number of nitrogens with one attached hydrogen (secondary N) is 1. The predicted molar refractivity (Wildman–Crippen MR) is 69.6 cm³/mol. The van der Waals surface area contributed by atoms with Crippen molar-refractivity contribution < 1.29 is 0 Å². The molecule has 0 fully saturated rings. The number of pyridine rings is 1. The van der Waals surface area contributed by atoms with E-state index >= 15 is 0 Å². The molecule has 0 spiro atoms. The van der Waals surface area contributed by atoms with E-state index in [-0.39, 0.29) is 0 Å². The summed E-state index contributed by atoms with van der Waals surface area (Å²) in [5, 5.41) is 16.4. The van der Waals surface area contributed by atoms with Crippen molar-refractivity contribution in [3.63, 3.8) is 0 Å². The molecule has 2 heterocycles. The summed E-state index contributed by atoms with van der Waals surface area (Å²) in [5.41, 5.74) is 2.23. The number of anilines is 2. The molecule has 0 aliphatic rings. The van der Waals surface area contributed by atoms with Gasteiger partial charge in [0.1, 0.15) is 11.9 Å². The zero-order valence-corrected chi connectivity index (χ0v) is 10.7. The second-order valence-electron chi connectivity index (χ2n) is 4.39. The fraction of sp³-hybridized carbons (Fsp3) is 0.308. The van der Waals surface area contributed by atoms with Gasteiger partial charge in [-0.1, -0.05) is 0 Å². The minimum absolute atomic E-state index is 0.307. The van der Waals surface area contributed by atoms with E-state index in [2.05, 4.69) is 35.3 Å². The summed E-state index contributed by atoms with van der Waals surface area (Å²) in [7, 11) is 0. The van der Waals surface area contributed by atoms with Crippen LogP contribution in [0.25, 0.3) is 0 Å². The van der Waals surface area contributed by atoms with E-state index in [9.17, 15) is 0 Å². The third-order valence-electron chi connectivity index (χ3n) is 2.55. The van der Waals surface area contributed by atoms with Crippen LogP contribution >= 0.6 is 0 Å². The maximum absolute atomic E-state index is 9.03. The third-order valence-corrected chi connectivity index (χ3v) is 2.55. The molecule has 2 aromatic heterocycles. The average Bonchev–Trinajstić information content (AvgIpc) is 2.78. The molecule has 2 aromatic rings. The zero-order chi connectivity index (χ0) is 13.1. The number of nitriles is 1. The molecule has 0 amide bonds. The van der Waals surface area contributed by atoms with E-state index in [1.165, 1.54) is 0 Å². The van der Waals surface area contributed by atoms with Gasteiger partial charge in [-0.05, 0) is 32.9 Å². The Bertz CT molecular complexity index is 592. The molecule has 0 atom stereocenters. The van der Waals surface area contributed by atoms with Crippen LogP contribution in [0.1, 0.15) is 31.1 Å². The van der Waals surface area contributed by atoms with Crippen molar-refractivity contribution in [3.05, 3.63) is 35.8 Å². The van der Waals surface area contributed by atoms with Crippen LogP contribution < -0.4 is 5.32 Å².